The zero-order chi connectivity index (χ0) is 10.6. The third-order valence-corrected chi connectivity index (χ3v) is 2.51. The molecule has 0 aromatic carbocycles. The first kappa shape index (κ1) is 11.5. The fraction of sp³-hybridized carbons (Fsp3) is 0.900. The van der Waals surface area contributed by atoms with Crippen LogP contribution in [0.25, 0.3) is 0 Å². The van der Waals surface area contributed by atoms with Crippen molar-refractivity contribution < 1.29 is 4.79 Å². The van der Waals surface area contributed by atoms with Crippen molar-refractivity contribution in [2.24, 2.45) is 0 Å². The molecule has 4 heteroatoms. The topological polar surface area (TPSA) is 44.4 Å². The highest BCUT2D eigenvalue weighted by Crippen LogP contribution is 2.01. The molecule has 0 aliphatic carbocycles. The quantitative estimate of drug-likeness (QED) is 0.662. The monoisotopic (exact) mass is 199 g/mol. The molecule has 0 radical (unpaired) electrons. The van der Waals surface area contributed by atoms with Crippen molar-refractivity contribution >= 4 is 5.91 Å². The van der Waals surface area contributed by atoms with Gasteiger partial charge in [0.1, 0.15) is 0 Å². The summed E-state index contributed by atoms with van der Waals surface area (Å²) in [6.07, 6.45) is 0. The maximum absolute atomic E-state index is 11.7. The van der Waals surface area contributed by atoms with Gasteiger partial charge in [-0.2, -0.15) is 0 Å². The average Bonchev–Trinajstić information content (AvgIpc) is 2.17. The lowest BCUT2D eigenvalue weighted by molar-refractivity contribution is -0.126. The number of nitrogens with zero attached hydrogens (tertiary/aromatic N) is 1. The third-order valence-electron chi connectivity index (χ3n) is 2.51. The molecule has 1 rings (SSSR count). The summed E-state index contributed by atoms with van der Waals surface area (Å²) >= 11 is 0. The molecule has 0 bridgehead atoms. The van der Waals surface area contributed by atoms with E-state index in [0.29, 0.717) is 0 Å². The van der Waals surface area contributed by atoms with E-state index in [1.807, 2.05) is 20.8 Å². The van der Waals surface area contributed by atoms with Crippen molar-refractivity contribution in [1.82, 2.24) is 15.5 Å². The van der Waals surface area contributed by atoms with Crippen molar-refractivity contribution in [1.29, 1.82) is 0 Å². The average molecular weight is 199 g/mol. The van der Waals surface area contributed by atoms with Gasteiger partial charge in [0.15, 0.2) is 0 Å². The van der Waals surface area contributed by atoms with Crippen molar-refractivity contribution in [3.05, 3.63) is 0 Å². The van der Waals surface area contributed by atoms with E-state index in [1.54, 1.807) is 0 Å². The molecule has 1 aliphatic heterocycles. The van der Waals surface area contributed by atoms with E-state index in [0.717, 1.165) is 26.2 Å². The first-order valence-electron chi connectivity index (χ1n) is 5.36. The van der Waals surface area contributed by atoms with Gasteiger partial charge >= 0.3 is 0 Å². The Kier molecular flexibility index (Phi) is 4.35. The molecule has 14 heavy (non-hydrogen) atoms. The Morgan fingerprint density at radius 3 is 2.36 bits per heavy atom. The summed E-state index contributed by atoms with van der Waals surface area (Å²) in [5, 5.41) is 6.21. The molecule has 4 nitrogen and oxygen atoms in total. The van der Waals surface area contributed by atoms with Crippen LogP contribution in [0.3, 0.4) is 0 Å². The summed E-state index contributed by atoms with van der Waals surface area (Å²) < 4.78 is 0. The maximum atomic E-state index is 11.7. The van der Waals surface area contributed by atoms with Gasteiger partial charge < -0.3 is 10.6 Å². The molecule has 1 saturated heterocycles. The van der Waals surface area contributed by atoms with Crippen LogP contribution in [-0.4, -0.2) is 49.1 Å². The number of piperazine rings is 1. The van der Waals surface area contributed by atoms with Crippen molar-refractivity contribution in [3.63, 3.8) is 0 Å². The molecule has 2 N–H and O–H groups in total. The smallest absolute Gasteiger partial charge is 0.237 e. The summed E-state index contributed by atoms with van der Waals surface area (Å²) in [5.41, 5.74) is 0. The molecule has 0 aromatic heterocycles. The van der Waals surface area contributed by atoms with Gasteiger partial charge in [-0.15, -0.1) is 0 Å². The second-order valence-electron chi connectivity index (χ2n) is 4.13. The van der Waals surface area contributed by atoms with Crippen molar-refractivity contribution in [2.45, 2.75) is 32.9 Å². The van der Waals surface area contributed by atoms with Crippen LogP contribution in [0.15, 0.2) is 0 Å². The predicted octanol–water partition coefficient (Wildman–Crippen LogP) is -0.195. The second kappa shape index (κ2) is 5.32. The fourth-order valence-electron chi connectivity index (χ4n) is 1.64. The summed E-state index contributed by atoms with van der Waals surface area (Å²) in [6.45, 7) is 9.85. The van der Waals surface area contributed by atoms with Crippen LogP contribution < -0.4 is 10.6 Å². The zero-order valence-electron chi connectivity index (χ0n) is 9.34. The first-order chi connectivity index (χ1) is 6.61. The van der Waals surface area contributed by atoms with Gasteiger partial charge in [-0.3, -0.25) is 9.69 Å². The van der Waals surface area contributed by atoms with Gasteiger partial charge in [-0.1, -0.05) is 0 Å². The number of nitrogens with one attached hydrogen (secondary N) is 2. The minimum absolute atomic E-state index is 0.000463. The van der Waals surface area contributed by atoms with E-state index in [4.69, 9.17) is 0 Å². The van der Waals surface area contributed by atoms with E-state index >= 15 is 0 Å². The van der Waals surface area contributed by atoms with Crippen LogP contribution in [0.5, 0.6) is 0 Å². The highest BCUT2D eigenvalue weighted by Gasteiger charge is 2.22. The highest BCUT2D eigenvalue weighted by atomic mass is 16.2. The maximum Gasteiger partial charge on any atom is 0.237 e. The summed E-state index contributed by atoms with van der Waals surface area (Å²) in [5.74, 6) is 0.141. The highest BCUT2D eigenvalue weighted by molar-refractivity contribution is 5.81. The van der Waals surface area contributed by atoms with Gasteiger partial charge in [-0.05, 0) is 20.8 Å². The van der Waals surface area contributed by atoms with Gasteiger partial charge in [0.05, 0.1) is 6.04 Å². The molecule has 1 fully saturated rings. The molecule has 1 aliphatic rings. The van der Waals surface area contributed by atoms with Gasteiger partial charge in [0, 0.05) is 32.2 Å². The van der Waals surface area contributed by atoms with E-state index in [-0.39, 0.29) is 18.0 Å². The zero-order valence-corrected chi connectivity index (χ0v) is 9.34. The second-order valence-corrected chi connectivity index (χ2v) is 4.13. The van der Waals surface area contributed by atoms with Crippen molar-refractivity contribution in [3.8, 4) is 0 Å². The Morgan fingerprint density at radius 2 is 1.86 bits per heavy atom. The number of rotatable bonds is 3. The minimum Gasteiger partial charge on any atom is -0.353 e. The molecule has 0 saturated carbocycles. The van der Waals surface area contributed by atoms with Crippen LogP contribution in [0.1, 0.15) is 20.8 Å². The Bertz CT molecular complexity index is 188. The van der Waals surface area contributed by atoms with Crippen molar-refractivity contribution in [2.75, 3.05) is 26.2 Å². The Balaban J connectivity index is 2.38. The summed E-state index contributed by atoms with van der Waals surface area (Å²) in [4.78, 5) is 13.9. The van der Waals surface area contributed by atoms with Crippen LogP contribution in [0.4, 0.5) is 0 Å². The molecular weight excluding hydrogens is 178 g/mol. The van der Waals surface area contributed by atoms with E-state index in [2.05, 4.69) is 15.5 Å². The summed E-state index contributed by atoms with van der Waals surface area (Å²) in [7, 11) is 0. The van der Waals surface area contributed by atoms with Gasteiger partial charge in [-0.25, -0.2) is 0 Å². The Hall–Kier alpha value is -0.610. The van der Waals surface area contributed by atoms with Gasteiger partial charge in [0.25, 0.3) is 0 Å². The Morgan fingerprint density at radius 1 is 1.29 bits per heavy atom. The van der Waals surface area contributed by atoms with Crippen LogP contribution in [0, 0.1) is 0 Å². The third kappa shape index (κ3) is 3.27. The van der Waals surface area contributed by atoms with E-state index in [1.165, 1.54) is 0 Å². The number of carbonyl (C=O) groups is 1. The van der Waals surface area contributed by atoms with Crippen LogP contribution in [0.2, 0.25) is 0 Å². The molecule has 0 unspecified atom stereocenters. The normalized spacial score (nSPS) is 20.9. The minimum atomic E-state index is -0.000463. The molecule has 1 heterocycles. The standard InChI is InChI=1S/C10H21N3O/c1-8(2)12-10(14)9(3)13-6-4-11-5-7-13/h8-9,11H,4-7H2,1-3H3,(H,12,14)/t9-/m1/s1. The SMILES string of the molecule is CC(C)NC(=O)[C@@H](C)N1CCNCC1. The van der Waals surface area contributed by atoms with Crippen LogP contribution >= 0.6 is 0 Å². The summed E-state index contributed by atoms with van der Waals surface area (Å²) in [6, 6.07) is 0.229. The van der Waals surface area contributed by atoms with Crippen LogP contribution in [-0.2, 0) is 4.79 Å². The van der Waals surface area contributed by atoms with Gasteiger partial charge in [0.2, 0.25) is 5.91 Å². The number of carbonyl (C=O) groups excluding carboxylic acids is 1. The molecule has 1 atom stereocenters. The largest absolute Gasteiger partial charge is 0.353 e. The number of hydrogen-bond donors (Lipinski definition) is 2. The molecule has 0 spiro atoms. The van der Waals surface area contributed by atoms with E-state index < -0.39 is 0 Å². The fourth-order valence-corrected chi connectivity index (χ4v) is 1.64. The predicted molar refractivity (Wildman–Crippen MR) is 57.2 cm³/mol. The Labute approximate surface area is 86.0 Å². The number of hydrogen-bond acceptors (Lipinski definition) is 3. The molecule has 82 valence electrons. The first-order valence-corrected chi connectivity index (χ1v) is 5.36. The lowest BCUT2D eigenvalue weighted by Gasteiger charge is -2.32. The molecule has 0 aromatic rings. The lowest BCUT2D eigenvalue weighted by atomic mass is 10.2. The van der Waals surface area contributed by atoms with E-state index in [9.17, 15) is 4.79 Å². The lowest BCUT2D eigenvalue weighted by Crippen LogP contribution is -2.53. The number of amides is 1. The molecule has 1 amide bonds. The molecular formula is C10H21N3O.